The van der Waals surface area contributed by atoms with Crippen molar-refractivity contribution >= 4 is 35.2 Å². The maximum Gasteiger partial charge on any atom is 0.408 e. The molecule has 2 N–H and O–H groups in total. The second kappa shape index (κ2) is 12.9. The largest absolute Gasteiger partial charge is 0.444 e. The summed E-state index contributed by atoms with van der Waals surface area (Å²) < 4.78 is 5.44. The van der Waals surface area contributed by atoms with Gasteiger partial charge in [-0.05, 0) is 83.6 Å². The zero-order valence-electron chi connectivity index (χ0n) is 24.9. The molecule has 0 fully saturated rings. The lowest BCUT2D eigenvalue weighted by molar-refractivity contribution is -0.147. The highest BCUT2D eigenvalue weighted by Crippen LogP contribution is 2.34. The summed E-state index contributed by atoms with van der Waals surface area (Å²) in [5.74, 6) is -1.07. The van der Waals surface area contributed by atoms with Crippen molar-refractivity contribution in [1.82, 2.24) is 10.2 Å². The number of hydrogen-bond acceptors (Lipinski definition) is 4. The van der Waals surface area contributed by atoms with E-state index in [4.69, 9.17) is 16.3 Å². The van der Waals surface area contributed by atoms with Crippen molar-refractivity contribution in [3.63, 3.8) is 0 Å². The molecule has 0 aliphatic rings. The minimum Gasteiger partial charge on any atom is -0.444 e. The Morgan fingerprint density at radius 3 is 2.03 bits per heavy atom. The van der Waals surface area contributed by atoms with Gasteiger partial charge in [0.25, 0.3) is 5.91 Å². The van der Waals surface area contributed by atoms with Gasteiger partial charge in [-0.15, -0.1) is 0 Å². The van der Waals surface area contributed by atoms with Crippen molar-refractivity contribution < 1.29 is 19.1 Å². The molecule has 2 aromatic carbocycles. The Kier molecular flexibility index (Phi) is 10.6. The molecule has 2 atom stereocenters. The molecule has 0 saturated heterocycles. The highest BCUT2D eigenvalue weighted by atomic mass is 35.5. The molecule has 0 aliphatic heterocycles. The molecule has 7 nitrogen and oxygen atoms in total. The number of para-hydroxylation sites is 1. The predicted molar refractivity (Wildman–Crippen MR) is 158 cm³/mol. The molecule has 0 heterocycles. The fourth-order valence-corrected chi connectivity index (χ4v) is 4.55. The second-order valence-electron chi connectivity index (χ2n) is 12.2. The van der Waals surface area contributed by atoms with Crippen LogP contribution in [0.15, 0.2) is 42.5 Å². The average molecular weight is 558 g/mol. The van der Waals surface area contributed by atoms with E-state index in [9.17, 15) is 14.4 Å². The first kappa shape index (κ1) is 32.2. The Morgan fingerprint density at radius 2 is 1.56 bits per heavy atom. The highest BCUT2D eigenvalue weighted by Gasteiger charge is 2.43. The summed E-state index contributed by atoms with van der Waals surface area (Å²) in [5.41, 5.74) is 1.54. The fourth-order valence-electron chi connectivity index (χ4n) is 4.28. The van der Waals surface area contributed by atoms with Gasteiger partial charge in [0.2, 0.25) is 5.91 Å². The second-order valence-corrected chi connectivity index (χ2v) is 12.6. The van der Waals surface area contributed by atoms with Gasteiger partial charge in [-0.2, -0.15) is 0 Å². The Balaban J connectivity index is 2.63. The number of benzene rings is 2. The van der Waals surface area contributed by atoms with E-state index in [0.29, 0.717) is 16.3 Å². The molecule has 0 aromatic heterocycles. The van der Waals surface area contributed by atoms with Gasteiger partial charge < -0.3 is 20.3 Å². The van der Waals surface area contributed by atoms with E-state index in [-0.39, 0.29) is 11.8 Å². The van der Waals surface area contributed by atoms with Crippen molar-refractivity contribution in [2.75, 3.05) is 5.32 Å². The van der Waals surface area contributed by atoms with Gasteiger partial charge in [0, 0.05) is 5.54 Å². The minimum atomic E-state index is -0.999. The summed E-state index contributed by atoms with van der Waals surface area (Å²) in [7, 11) is 0. The Bertz CT molecular complexity index is 1140. The topological polar surface area (TPSA) is 87.7 Å². The van der Waals surface area contributed by atoms with Gasteiger partial charge in [0.15, 0.2) is 0 Å². The van der Waals surface area contributed by atoms with Crippen LogP contribution in [-0.4, -0.2) is 40.0 Å². The van der Waals surface area contributed by atoms with Crippen molar-refractivity contribution in [2.24, 2.45) is 5.92 Å². The predicted octanol–water partition coefficient (Wildman–Crippen LogP) is 7.07. The molecule has 0 radical (unpaired) electrons. The van der Waals surface area contributed by atoms with Crippen LogP contribution in [0.5, 0.6) is 0 Å². The number of carbonyl (C=O) groups excluding carboxylic acids is 3. The first-order chi connectivity index (χ1) is 18.0. The lowest BCUT2D eigenvalue weighted by Gasteiger charge is -2.43. The number of amides is 3. The van der Waals surface area contributed by atoms with Crippen LogP contribution in [0.1, 0.15) is 85.0 Å². The number of alkyl carbamates (subject to hydrolysis) is 1. The first-order valence-corrected chi connectivity index (χ1v) is 13.8. The van der Waals surface area contributed by atoms with E-state index in [2.05, 4.69) is 17.6 Å². The smallest absolute Gasteiger partial charge is 0.408 e. The SMILES string of the molecule is CCc1ccc(C(C(=O)Nc2c(C)cccc2Cl)N(C(=O)C(NC(=O)OC(C)(C)C)C(C)C)C(C)(C)C)cc1. The maximum atomic E-state index is 14.3. The van der Waals surface area contributed by atoms with E-state index in [1.54, 1.807) is 31.7 Å². The molecule has 8 heteroatoms. The Labute approximate surface area is 238 Å². The first-order valence-electron chi connectivity index (χ1n) is 13.4. The summed E-state index contributed by atoms with van der Waals surface area (Å²) in [6, 6.07) is 11.1. The molecule has 39 heavy (non-hydrogen) atoms. The highest BCUT2D eigenvalue weighted by molar-refractivity contribution is 6.34. The van der Waals surface area contributed by atoms with Crippen LogP contribution < -0.4 is 10.6 Å². The molecular formula is C31H44ClN3O4. The molecule has 2 aromatic rings. The van der Waals surface area contributed by atoms with Crippen molar-refractivity contribution in [3.05, 3.63) is 64.2 Å². The van der Waals surface area contributed by atoms with Crippen molar-refractivity contribution in [3.8, 4) is 0 Å². The average Bonchev–Trinajstić information content (AvgIpc) is 2.81. The number of anilines is 1. The van der Waals surface area contributed by atoms with Gasteiger partial charge in [-0.25, -0.2) is 4.79 Å². The number of carbonyl (C=O) groups is 3. The van der Waals surface area contributed by atoms with Gasteiger partial charge in [-0.1, -0.05) is 68.8 Å². The van der Waals surface area contributed by atoms with E-state index in [1.807, 2.05) is 77.9 Å². The van der Waals surface area contributed by atoms with Crippen LogP contribution in [0, 0.1) is 12.8 Å². The zero-order valence-corrected chi connectivity index (χ0v) is 25.7. The summed E-state index contributed by atoms with van der Waals surface area (Å²) in [5, 5.41) is 6.13. The van der Waals surface area contributed by atoms with Crippen molar-refractivity contribution in [2.45, 2.75) is 98.9 Å². The monoisotopic (exact) mass is 557 g/mol. The number of ether oxygens (including phenoxy) is 1. The fraction of sp³-hybridized carbons (Fsp3) is 0.516. The quantitative estimate of drug-likeness (QED) is 0.363. The lowest BCUT2D eigenvalue weighted by atomic mass is 9.92. The van der Waals surface area contributed by atoms with Crippen LogP contribution in [0.3, 0.4) is 0 Å². The summed E-state index contributed by atoms with van der Waals surface area (Å²) in [6.45, 7) is 18.5. The summed E-state index contributed by atoms with van der Waals surface area (Å²) in [4.78, 5) is 42.7. The number of nitrogens with one attached hydrogen (secondary N) is 2. The molecule has 0 spiro atoms. The van der Waals surface area contributed by atoms with Crippen LogP contribution in [0.25, 0.3) is 0 Å². The molecule has 2 rings (SSSR count). The maximum absolute atomic E-state index is 14.3. The van der Waals surface area contributed by atoms with Crippen LogP contribution in [0.2, 0.25) is 5.02 Å². The van der Waals surface area contributed by atoms with Crippen LogP contribution in [-0.2, 0) is 20.7 Å². The van der Waals surface area contributed by atoms with Crippen LogP contribution in [0.4, 0.5) is 10.5 Å². The number of nitrogens with zero attached hydrogens (tertiary/aromatic N) is 1. The van der Waals surface area contributed by atoms with Gasteiger partial charge in [0.05, 0.1) is 10.7 Å². The molecule has 0 saturated carbocycles. The third-order valence-electron chi connectivity index (χ3n) is 6.25. The van der Waals surface area contributed by atoms with E-state index < -0.39 is 35.2 Å². The summed E-state index contributed by atoms with van der Waals surface area (Å²) >= 11 is 6.44. The van der Waals surface area contributed by atoms with E-state index >= 15 is 0 Å². The van der Waals surface area contributed by atoms with Gasteiger partial charge in [-0.3, -0.25) is 9.59 Å². The standard InChI is InChI=1S/C31H44ClN3O4/c1-11-21-15-17-22(18-16-21)26(27(36)33-25-20(4)13-12-14-23(25)32)35(30(5,6)7)28(37)24(19(2)3)34-29(38)39-31(8,9)10/h12-19,24,26H,11H2,1-10H3,(H,33,36)(H,34,38). The Morgan fingerprint density at radius 1 is 0.974 bits per heavy atom. The number of hydrogen-bond donors (Lipinski definition) is 2. The van der Waals surface area contributed by atoms with Crippen LogP contribution >= 0.6 is 11.6 Å². The number of halogens is 1. The normalized spacial score (nSPS) is 13.4. The number of rotatable bonds is 8. The molecule has 0 aliphatic carbocycles. The molecule has 2 unspecified atom stereocenters. The third-order valence-corrected chi connectivity index (χ3v) is 6.56. The molecule has 3 amide bonds. The zero-order chi connectivity index (χ0) is 29.7. The van der Waals surface area contributed by atoms with E-state index in [0.717, 1.165) is 17.5 Å². The lowest BCUT2D eigenvalue weighted by Crippen LogP contribution is -2.59. The van der Waals surface area contributed by atoms with E-state index in [1.165, 1.54) is 0 Å². The minimum absolute atomic E-state index is 0.271. The third kappa shape index (κ3) is 8.72. The van der Waals surface area contributed by atoms with Gasteiger partial charge in [0.1, 0.15) is 17.7 Å². The molecular weight excluding hydrogens is 514 g/mol. The van der Waals surface area contributed by atoms with Gasteiger partial charge >= 0.3 is 6.09 Å². The van der Waals surface area contributed by atoms with Crippen molar-refractivity contribution in [1.29, 1.82) is 0 Å². The molecule has 214 valence electrons. The molecule has 0 bridgehead atoms. The number of aryl methyl sites for hydroxylation is 2. The Hall–Kier alpha value is -3.06. The summed E-state index contributed by atoms with van der Waals surface area (Å²) in [6.07, 6.45) is 0.149.